The van der Waals surface area contributed by atoms with Crippen LogP contribution in [0.25, 0.3) is 0 Å². The summed E-state index contributed by atoms with van der Waals surface area (Å²) in [5.41, 5.74) is 1.28. The minimum absolute atomic E-state index is 0.175. The molecule has 1 heterocycles. The van der Waals surface area contributed by atoms with Gasteiger partial charge < -0.3 is 5.32 Å². The van der Waals surface area contributed by atoms with Gasteiger partial charge in [0, 0.05) is 11.6 Å². The first-order valence-corrected chi connectivity index (χ1v) is 10.1. The van der Waals surface area contributed by atoms with Gasteiger partial charge in [0.05, 0.1) is 6.67 Å². The molecule has 1 N–H and O–H groups in total. The van der Waals surface area contributed by atoms with E-state index in [1.165, 1.54) is 4.90 Å². The molecule has 152 valence electrons. The average molecular weight is 420 g/mol. The lowest BCUT2D eigenvalue weighted by Gasteiger charge is -2.28. The van der Waals surface area contributed by atoms with Gasteiger partial charge in [-0.25, -0.2) is 9.69 Å². The summed E-state index contributed by atoms with van der Waals surface area (Å²) < 4.78 is 0. The van der Waals surface area contributed by atoms with Gasteiger partial charge in [0.25, 0.3) is 5.91 Å². The standard InChI is InChI=1S/C24H22ClN3O2/c1-27(16-18-12-14-21(25)15-13-18)17-28-22(29)24(26-23(28)30,19-8-4-2-5-9-19)20-10-6-3-7-11-20/h2-15H,16-17H2,1H3,(H,26,30). The molecule has 1 aliphatic rings. The summed E-state index contributed by atoms with van der Waals surface area (Å²) in [6.45, 7) is 0.757. The number of halogens is 1. The van der Waals surface area contributed by atoms with Gasteiger partial charge in [-0.15, -0.1) is 0 Å². The largest absolute Gasteiger partial charge is 0.326 e. The highest BCUT2D eigenvalue weighted by atomic mass is 35.5. The summed E-state index contributed by atoms with van der Waals surface area (Å²) in [4.78, 5) is 29.8. The summed E-state index contributed by atoms with van der Waals surface area (Å²) in [5.74, 6) is -0.284. The van der Waals surface area contributed by atoms with Crippen molar-refractivity contribution in [3.63, 3.8) is 0 Å². The molecule has 1 saturated heterocycles. The summed E-state index contributed by atoms with van der Waals surface area (Å²) >= 11 is 5.95. The molecular formula is C24H22ClN3O2. The second kappa shape index (κ2) is 8.30. The summed E-state index contributed by atoms with van der Waals surface area (Å²) in [6, 6.07) is 25.8. The maximum atomic E-state index is 13.7. The van der Waals surface area contributed by atoms with Crippen LogP contribution in [0, 0.1) is 0 Å². The van der Waals surface area contributed by atoms with E-state index in [4.69, 9.17) is 11.6 Å². The summed E-state index contributed by atoms with van der Waals surface area (Å²) in [5, 5.41) is 3.64. The third-order valence-electron chi connectivity index (χ3n) is 5.27. The molecule has 3 amide bonds. The number of amides is 3. The highest BCUT2D eigenvalue weighted by Gasteiger charge is 2.53. The second-order valence-corrected chi connectivity index (χ2v) is 7.86. The molecule has 0 aromatic heterocycles. The normalized spacial score (nSPS) is 15.5. The first-order valence-electron chi connectivity index (χ1n) is 9.69. The summed E-state index contributed by atoms with van der Waals surface area (Å²) in [7, 11) is 1.88. The molecule has 30 heavy (non-hydrogen) atoms. The molecule has 1 aliphatic heterocycles. The molecule has 3 aromatic rings. The Hall–Kier alpha value is -3.15. The Labute approximate surface area is 180 Å². The van der Waals surface area contributed by atoms with Crippen molar-refractivity contribution in [1.82, 2.24) is 15.1 Å². The van der Waals surface area contributed by atoms with E-state index in [9.17, 15) is 9.59 Å². The highest BCUT2D eigenvalue weighted by Crippen LogP contribution is 2.36. The molecule has 1 fully saturated rings. The van der Waals surface area contributed by atoms with Crippen molar-refractivity contribution >= 4 is 23.5 Å². The zero-order valence-electron chi connectivity index (χ0n) is 16.6. The number of rotatable bonds is 6. The summed E-state index contributed by atoms with van der Waals surface area (Å²) in [6.07, 6.45) is 0. The van der Waals surface area contributed by atoms with E-state index in [1.54, 1.807) is 0 Å². The maximum absolute atomic E-state index is 13.7. The Balaban J connectivity index is 1.63. The van der Waals surface area contributed by atoms with E-state index >= 15 is 0 Å². The van der Waals surface area contributed by atoms with Gasteiger partial charge in [0.2, 0.25) is 0 Å². The van der Waals surface area contributed by atoms with Gasteiger partial charge in [0.15, 0.2) is 5.54 Å². The van der Waals surface area contributed by atoms with Crippen LogP contribution in [0.2, 0.25) is 5.02 Å². The van der Waals surface area contributed by atoms with E-state index in [0.717, 1.165) is 16.7 Å². The highest BCUT2D eigenvalue weighted by molar-refractivity contribution is 6.30. The Morgan fingerprint density at radius 2 is 1.40 bits per heavy atom. The number of carbonyl (C=O) groups excluding carboxylic acids is 2. The fourth-order valence-electron chi connectivity index (χ4n) is 3.83. The molecule has 6 heteroatoms. The fourth-order valence-corrected chi connectivity index (χ4v) is 3.96. The number of urea groups is 1. The fraction of sp³-hybridized carbons (Fsp3) is 0.167. The van der Waals surface area contributed by atoms with Gasteiger partial charge in [-0.05, 0) is 35.9 Å². The lowest BCUT2D eigenvalue weighted by atomic mass is 9.83. The van der Waals surface area contributed by atoms with Gasteiger partial charge >= 0.3 is 6.03 Å². The van der Waals surface area contributed by atoms with Crippen LogP contribution in [-0.2, 0) is 16.9 Å². The molecule has 0 aliphatic carbocycles. The number of benzene rings is 3. The topological polar surface area (TPSA) is 52.6 Å². The number of nitrogens with zero attached hydrogens (tertiary/aromatic N) is 2. The minimum Gasteiger partial charge on any atom is -0.315 e. The van der Waals surface area contributed by atoms with Crippen molar-refractivity contribution in [2.24, 2.45) is 0 Å². The van der Waals surface area contributed by atoms with Crippen LogP contribution in [-0.4, -0.2) is 35.5 Å². The predicted octanol–water partition coefficient (Wildman–Crippen LogP) is 4.22. The Bertz CT molecular complexity index is 1000. The van der Waals surface area contributed by atoms with E-state index in [0.29, 0.717) is 11.6 Å². The third kappa shape index (κ3) is 3.70. The van der Waals surface area contributed by atoms with Crippen molar-refractivity contribution in [2.75, 3.05) is 13.7 Å². The van der Waals surface area contributed by atoms with Gasteiger partial charge in [-0.2, -0.15) is 0 Å². The average Bonchev–Trinajstić information content (AvgIpc) is 3.02. The zero-order valence-corrected chi connectivity index (χ0v) is 17.3. The van der Waals surface area contributed by atoms with Gasteiger partial charge in [-0.3, -0.25) is 9.69 Å². The molecule has 0 saturated carbocycles. The number of nitrogens with one attached hydrogen (secondary N) is 1. The van der Waals surface area contributed by atoms with E-state index < -0.39 is 11.6 Å². The Morgan fingerprint density at radius 3 is 1.93 bits per heavy atom. The predicted molar refractivity (Wildman–Crippen MR) is 117 cm³/mol. The lowest BCUT2D eigenvalue weighted by molar-refractivity contribution is -0.131. The Morgan fingerprint density at radius 1 is 0.867 bits per heavy atom. The number of imide groups is 1. The SMILES string of the molecule is CN(Cc1ccc(Cl)cc1)CN1C(=O)NC(c2ccccc2)(c2ccccc2)C1=O. The van der Waals surface area contributed by atoms with Crippen LogP contribution in [0.4, 0.5) is 4.79 Å². The van der Waals surface area contributed by atoms with Crippen molar-refractivity contribution in [2.45, 2.75) is 12.1 Å². The molecule has 4 rings (SSSR count). The molecular weight excluding hydrogens is 398 g/mol. The van der Waals surface area contributed by atoms with Crippen LogP contribution >= 0.6 is 11.6 Å². The van der Waals surface area contributed by atoms with E-state index in [-0.39, 0.29) is 12.6 Å². The third-order valence-corrected chi connectivity index (χ3v) is 5.52. The van der Waals surface area contributed by atoms with Crippen molar-refractivity contribution < 1.29 is 9.59 Å². The Kier molecular flexibility index (Phi) is 5.57. The maximum Gasteiger partial charge on any atom is 0.326 e. The quantitative estimate of drug-likeness (QED) is 0.608. The van der Waals surface area contributed by atoms with Crippen LogP contribution < -0.4 is 5.32 Å². The number of carbonyl (C=O) groups is 2. The van der Waals surface area contributed by atoms with Crippen LogP contribution in [0.15, 0.2) is 84.9 Å². The van der Waals surface area contributed by atoms with Crippen LogP contribution in [0.5, 0.6) is 0 Å². The first-order chi connectivity index (χ1) is 14.5. The number of hydrogen-bond donors (Lipinski definition) is 1. The van der Waals surface area contributed by atoms with Crippen molar-refractivity contribution in [3.8, 4) is 0 Å². The molecule has 0 atom stereocenters. The first kappa shape index (κ1) is 20.1. The lowest BCUT2D eigenvalue weighted by Crippen LogP contribution is -2.46. The molecule has 3 aromatic carbocycles. The minimum atomic E-state index is -1.24. The monoisotopic (exact) mass is 419 g/mol. The zero-order chi connectivity index (χ0) is 21.1. The molecule has 0 bridgehead atoms. The van der Waals surface area contributed by atoms with E-state index in [1.807, 2.05) is 96.9 Å². The molecule has 0 radical (unpaired) electrons. The molecule has 0 spiro atoms. The molecule has 5 nitrogen and oxygen atoms in total. The second-order valence-electron chi connectivity index (χ2n) is 7.43. The van der Waals surface area contributed by atoms with Gasteiger partial charge in [-0.1, -0.05) is 84.4 Å². The van der Waals surface area contributed by atoms with E-state index in [2.05, 4.69) is 5.32 Å². The van der Waals surface area contributed by atoms with Crippen LogP contribution in [0.3, 0.4) is 0 Å². The number of hydrogen-bond acceptors (Lipinski definition) is 3. The van der Waals surface area contributed by atoms with Crippen molar-refractivity contribution in [1.29, 1.82) is 0 Å². The smallest absolute Gasteiger partial charge is 0.315 e. The van der Waals surface area contributed by atoms with Crippen LogP contribution in [0.1, 0.15) is 16.7 Å². The molecule has 0 unspecified atom stereocenters. The van der Waals surface area contributed by atoms with Crippen molar-refractivity contribution in [3.05, 3.63) is 107 Å². The van der Waals surface area contributed by atoms with Gasteiger partial charge in [0.1, 0.15) is 0 Å².